The van der Waals surface area contributed by atoms with Gasteiger partial charge in [0, 0.05) is 0 Å². The lowest BCUT2D eigenvalue weighted by atomic mass is 9.94. The molecule has 0 aliphatic carbocycles. The van der Waals surface area contributed by atoms with E-state index in [1.165, 1.54) is 148 Å². The molecule has 1 N–H and O–H groups in total. The lowest BCUT2D eigenvalue weighted by Gasteiger charge is -2.22. The summed E-state index contributed by atoms with van der Waals surface area (Å²) in [7, 11) is 2.04. The molecule has 0 bridgehead atoms. The van der Waals surface area contributed by atoms with E-state index in [-0.39, 0.29) is 23.8 Å². The number of carbonyl (C=O) groups is 2. The summed E-state index contributed by atoms with van der Waals surface area (Å²) in [4.78, 5) is 28.7. The molecule has 0 saturated carbocycles. The molecule has 0 rings (SSSR count). The normalized spacial score (nSPS) is 12.7. The first-order chi connectivity index (χ1) is 27.0. The minimum Gasteiger partial charge on any atom is -0.465 e. The van der Waals surface area contributed by atoms with E-state index in [0.29, 0.717) is 13.2 Å². The number of carbonyl (C=O) groups excluding carboxylic acids is 2. The zero-order valence-corrected chi connectivity index (χ0v) is 38.0. The first-order valence-electron chi connectivity index (χ1n) is 24.7. The van der Waals surface area contributed by atoms with Gasteiger partial charge in [0.15, 0.2) is 0 Å². The molecule has 0 saturated heterocycles. The average molecular weight is 779 g/mol. The van der Waals surface area contributed by atoms with Crippen molar-refractivity contribution >= 4 is 11.9 Å². The van der Waals surface area contributed by atoms with Crippen molar-refractivity contribution in [1.29, 1.82) is 0 Å². The molecule has 0 aromatic heterocycles. The highest BCUT2D eigenvalue weighted by Crippen LogP contribution is 2.22. The van der Waals surface area contributed by atoms with Gasteiger partial charge < -0.3 is 19.7 Å². The van der Waals surface area contributed by atoms with Gasteiger partial charge in [-0.2, -0.15) is 0 Å². The predicted octanol–water partition coefficient (Wildman–Crippen LogP) is 14.2. The van der Waals surface area contributed by atoms with Crippen LogP contribution in [0.2, 0.25) is 0 Å². The molecule has 0 aromatic carbocycles. The molecule has 0 heterocycles. The Hall–Kier alpha value is -1.14. The van der Waals surface area contributed by atoms with Crippen LogP contribution in [0.15, 0.2) is 0 Å². The second-order valence-corrected chi connectivity index (χ2v) is 17.0. The van der Waals surface area contributed by atoms with E-state index in [9.17, 15) is 9.59 Å². The molecule has 0 amide bonds. The summed E-state index contributed by atoms with van der Waals surface area (Å²) in [6.45, 7) is 14.8. The molecule has 0 radical (unpaired) electrons. The van der Waals surface area contributed by atoms with Crippen LogP contribution in [0, 0.1) is 11.8 Å². The molecule has 328 valence electrons. The Balaban J connectivity index is 4.42. The fourth-order valence-corrected chi connectivity index (χ4v) is 7.87. The monoisotopic (exact) mass is 779 g/mol. The van der Waals surface area contributed by atoms with E-state index in [1.54, 1.807) is 0 Å². The van der Waals surface area contributed by atoms with Crippen LogP contribution in [0.5, 0.6) is 0 Å². The highest BCUT2D eigenvalue weighted by Gasteiger charge is 2.20. The Kier molecular flexibility index (Phi) is 43.1. The fraction of sp³-hybridized carbons (Fsp3) is 0.959. The summed E-state index contributed by atoms with van der Waals surface area (Å²) in [5.41, 5.74) is 0. The highest BCUT2D eigenvalue weighted by atomic mass is 16.5. The Bertz CT molecular complexity index is 735. The number of unbranched alkanes of at least 4 members (excludes halogenated alkanes) is 23. The number of ether oxygens (including phenoxy) is 2. The first kappa shape index (κ1) is 53.9. The molecular weight excluding hydrogens is 681 g/mol. The van der Waals surface area contributed by atoms with Gasteiger partial charge in [0.05, 0.1) is 25.0 Å². The first-order valence-corrected chi connectivity index (χ1v) is 24.7. The molecule has 0 aliphatic heterocycles. The van der Waals surface area contributed by atoms with Crippen molar-refractivity contribution in [1.82, 2.24) is 10.2 Å². The van der Waals surface area contributed by atoms with Crippen molar-refractivity contribution in [3.8, 4) is 0 Å². The lowest BCUT2D eigenvalue weighted by molar-refractivity contribution is -0.150. The molecule has 2 atom stereocenters. The number of rotatable bonds is 45. The topological polar surface area (TPSA) is 67.9 Å². The SMILES string of the molecule is CCCCCCCCC(CCCCCC)C(=O)OCCCCCCN(CCCCCCOC(=O)C(CCCCCC)CCCCCCCC)CCCCNC. The standard InChI is InChI=1S/C49H98N2O4/c1-6-10-14-18-20-28-38-46(36-26-16-12-8-3)48(52)54-44-34-24-22-31-41-51(43-33-30-40-50-5)42-32-23-25-35-45-55-49(53)47(37-27-17-13-9-4)39-29-21-19-15-11-7-2/h46-47,50H,6-45H2,1-5H3. The lowest BCUT2D eigenvalue weighted by Crippen LogP contribution is -2.28. The Morgan fingerprint density at radius 3 is 1.05 bits per heavy atom. The summed E-state index contributed by atoms with van der Waals surface area (Å²) in [6, 6.07) is 0. The molecule has 0 fully saturated rings. The van der Waals surface area contributed by atoms with E-state index in [0.717, 1.165) is 96.7 Å². The average Bonchev–Trinajstić information content (AvgIpc) is 3.19. The van der Waals surface area contributed by atoms with Crippen LogP contribution in [0.4, 0.5) is 0 Å². The van der Waals surface area contributed by atoms with Gasteiger partial charge in [-0.3, -0.25) is 9.59 Å². The maximum Gasteiger partial charge on any atom is 0.308 e. The van der Waals surface area contributed by atoms with Crippen LogP contribution in [0.25, 0.3) is 0 Å². The van der Waals surface area contributed by atoms with Crippen LogP contribution in [0.3, 0.4) is 0 Å². The molecule has 6 nitrogen and oxygen atoms in total. The van der Waals surface area contributed by atoms with E-state index >= 15 is 0 Å². The van der Waals surface area contributed by atoms with Crippen molar-refractivity contribution in [3.05, 3.63) is 0 Å². The van der Waals surface area contributed by atoms with Gasteiger partial charge in [-0.1, -0.05) is 182 Å². The largest absolute Gasteiger partial charge is 0.465 e. The zero-order valence-electron chi connectivity index (χ0n) is 38.0. The second-order valence-electron chi connectivity index (χ2n) is 17.0. The van der Waals surface area contributed by atoms with Crippen molar-refractivity contribution in [2.24, 2.45) is 11.8 Å². The maximum atomic E-state index is 13.0. The van der Waals surface area contributed by atoms with Gasteiger partial charge in [-0.25, -0.2) is 0 Å². The van der Waals surface area contributed by atoms with E-state index in [2.05, 4.69) is 37.9 Å². The van der Waals surface area contributed by atoms with Gasteiger partial charge in [0.25, 0.3) is 0 Å². The van der Waals surface area contributed by atoms with Crippen molar-refractivity contribution in [2.45, 2.75) is 246 Å². The molecule has 0 spiro atoms. The fourth-order valence-electron chi connectivity index (χ4n) is 7.87. The molecular formula is C49H98N2O4. The summed E-state index contributed by atoms with van der Waals surface area (Å²) >= 11 is 0. The van der Waals surface area contributed by atoms with Crippen LogP contribution in [-0.4, -0.2) is 63.3 Å². The van der Waals surface area contributed by atoms with E-state index in [1.807, 2.05) is 7.05 Å². The van der Waals surface area contributed by atoms with Gasteiger partial charge in [-0.15, -0.1) is 0 Å². The second kappa shape index (κ2) is 44.0. The summed E-state index contributed by atoms with van der Waals surface area (Å²) < 4.78 is 11.7. The maximum absolute atomic E-state index is 13.0. The Morgan fingerprint density at radius 1 is 0.400 bits per heavy atom. The Labute approximate surface area is 344 Å². The van der Waals surface area contributed by atoms with Gasteiger partial charge in [0.2, 0.25) is 0 Å². The number of nitrogens with one attached hydrogen (secondary N) is 1. The summed E-state index contributed by atoms with van der Waals surface area (Å²) in [5.74, 6) is 0.348. The third kappa shape index (κ3) is 36.9. The molecule has 2 unspecified atom stereocenters. The van der Waals surface area contributed by atoms with Crippen LogP contribution >= 0.6 is 0 Å². The van der Waals surface area contributed by atoms with Crippen molar-refractivity contribution in [2.75, 3.05) is 46.4 Å². The molecule has 55 heavy (non-hydrogen) atoms. The predicted molar refractivity (Wildman–Crippen MR) is 239 cm³/mol. The van der Waals surface area contributed by atoms with Crippen LogP contribution in [-0.2, 0) is 19.1 Å². The number of hydrogen-bond acceptors (Lipinski definition) is 6. The summed E-state index contributed by atoms with van der Waals surface area (Å²) in [5, 5.41) is 3.29. The third-order valence-corrected chi connectivity index (χ3v) is 11.7. The van der Waals surface area contributed by atoms with Crippen molar-refractivity contribution in [3.63, 3.8) is 0 Å². The number of hydrogen-bond donors (Lipinski definition) is 1. The smallest absolute Gasteiger partial charge is 0.308 e. The zero-order chi connectivity index (χ0) is 40.3. The minimum absolute atomic E-state index is 0.0708. The highest BCUT2D eigenvalue weighted by molar-refractivity contribution is 5.72. The molecule has 0 aromatic rings. The molecule has 6 heteroatoms. The van der Waals surface area contributed by atoms with Crippen LogP contribution < -0.4 is 5.32 Å². The molecule has 0 aliphatic rings. The van der Waals surface area contributed by atoms with Crippen LogP contribution in [0.1, 0.15) is 246 Å². The summed E-state index contributed by atoms with van der Waals surface area (Å²) in [6.07, 6.45) is 40.7. The minimum atomic E-state index is 0.0708. The number of esters is 2. The third-order valence-electron chi connectivity index (χ3n) is 11.7. The quantitative estimate of drug-likeness (QED) is 0.0490. The van der Waals surface area contributed by atoms with Gasteiger partial charge >= 0.3 is 11.9 Å². The van der Waals surface area contributed by atoms with Gasteiger partial charge in [0.1, 0.15) is 0 Å². The van der Waals surface area contributed by atoms with E-state index in [4.69, 9.17) is 9.47 Å². The number of nitrogens with zero attached hydrogens (tertiary/aromatic N) is 1. The van der Waals surface area contributed by atoms with Crippen molar-refractivity contribution < 1.29 is 19.1 Å². The Morgan fingerprint density at radius 2 is 0.691 bits per heavy atom. The van der Waals surface area contributed by atoms with Gasteiger partial charge in [-0.05, 0) is 97.4 Å². The van der Waals surface area contributed by atoms with E-state index < -0.39 is 0 Å².